The first-order valence-corrected chi connectivity index (χ1v) is 26.2. The van der Waals surface area contributed by atoms with Crippen molar-refractivity contribution in [2.45, 2.75) is 0 Å². The molecular weight excluding hydrogens is 921 g/mol. The first-order chi connectivity index (χ1) is 37.7. The van der Waals surface area contributed by atoms with E-state index in [1.165, 1.54) is 126 Å². The Balaban J connectivity index is 0.786. The molecule has 0 spiro atoms. The predicted molar refractivity (Wildman–Crippen MR) is 320 cm³/mol. The number of para-hydroxylation sites is 6. The lowest BCUT2D eigenvalue weighted by Gasteiger charge is -2.11. The molecule has 4 aromatic heterocycles. The average Bonchev–Trinajstić information content (AvgIpc) is 4.25. The molecule has 0 N–H and O–H groups in total. The Morgan fingerprint density at radius 1 is 0.145 bits per heavy atom. The van der Waals surface area contributed by atoms with Gasteiger partial charge in [0.15, 0.2) is 0 Å². The second-order valence-electron chi connectivity index (χ2n) is 20.1. The normalized spacial score (nSPS) is 11.9. The molecule has 0 atom stereocenters. The Labute approximate surface area is 438 Å². The SMILES string of the molecule is c1ccc(-n2c3ccccc3c3cc(-c4ccc5c(c4)c4ccccc4n5-c4ccc(-c5ccc6c(c5)c5cc(-c7ccc8c(c7)c7ccccc7n8-c7ccccc7)ccc5n6-c5ccccc5)cc4)ccc32)cc1. The fourth-order valence-corrected chi connectivity index (χ4v) is 12.5. The number of rotatable bonds is 7. The van der Waals surface area contributed by atoms with Gasteiger partial charge >= 0.3 is 0 Å². The van der Waals surface area contributed by atoms with Crippen LogP contribution in [-0.4, -0.2) is 18.3 Å². The summed E-state index contributed by atoms with van der Waals surface area (Å²) in [6.07, 6.45) is 0. The molecule has 76 heavy (non-hydrogen) atoms. The summed E-state index contributed by atoms with van der Waals surface area (Å²) in [6, 6.07) is 102. The van der Waals surface area contributed by atoms with E-state index in [-0.39, 0.29) is 0 Å². The first-order valence-electron chi connectivity index (χ1n) is 26.2. The number of hydrogen-bond donors (Lipinski definition) is 0. The number of nitrogens with zero attached hydrogens (tertiary/aromatic N) is 4. The summed E-state index contributed by atoms with van der Waals surface area (Å²) in [6.45, 7) is 0. The minimum atomic E-state index is 1.13. The van der Waals surface area contributed by atoms with Gasteiger partial charge in [0.05, 0.1) is 44.1 Å². The van der Waals surface area contributed by atoms with E-state index in [0.717, 1.165) is 17.1 Å². The lowest BCUT2D eigenvalue weighted by atomic mass is 9.99. The van der Waals surface area contributed by atoms with Crippen LogP contribution >= 0.6 is 0 Å². The highest BCUT2D eigenvalue weighted by Crippen LogP contribution is 2.42. The molecule has 0 saturated carbocycles. The van der Waals surface area contributed by atoms with Crippen molar-refractivity contribution in [1.29, 1.82) is 0 Å². The minimum Gasteiger partial charge on any atom is -0.309 e. The van der Waals surface area contributed by atoms with Crippen molar-refractivity contribution in [2.75, 3.05) is 0 Å². The molecule has 0 aliphatic rings. The van der Waals surface area contributed by atoms with E-state index in [9.17, 15) is 0 Å². The molecule has 0 aliphatic carbocycles. The topological polar surface area (TPSA) is 19.7 Å². The van der Waals surface area contributed by atoms with Gasteiger partial charge in [-0.1, -0.05) is 152 Å². The van der Waals surface area contributed by atoms with Crippen molar-refractivity contribution in [2.24, 2.45) is 0 Å². The van der Waals surface area contributed by atoms with Crippen molar-refractivity contribution in [3.05, 3.63) is 279 Å². The van der Waals surface area contributed by atoms with Gasteiger partial charge in [-0.15, -0.1) is 0 Å². The van der Waals surface area contributed by atoms with Gasteiger partial charge < -0.3 is 18.3 Å². The van der Waals surface area contributed by atoms with Crippen LogP contribution in [0.1, 0.15) is 0 Å². The Morgan fingerprint density at radius 2 is 0.355 bits per heavy atom. The Morgan fingerprint density at radius 3 is 0.658 bits per heavy atom. The maximum atomic E-state index is 2.42. The number of aromatic nitrogens is 4. The molecule has 4 heterocycles. The number of hydrogen-bond acceptors (Lipinski definition) is 0. The molecule has 4 heteroatoms. The Kier molecular flexibility index (Phi) is 9.30. The van der Waals surface area contributed by atoms with E-state index < -0.39 is 0 Å². The van der Waals surface area contributed by atoms with Crippen molar-refractivity contribution >= 4 is 87.2 Å². The van der Waals surface area contributed by atoms with E-state index in [1.54, 1.807) is 0 Å². The summed E-state index contributed by atoms with van der Waals surface area (Å²) in [5.74, 6) is 0. The molecule has 0 saturated heterocycles. The highest BCUT2D eigenvalue weighted by Gasteiger charge is 2.19. The lowest BCUT2D eigenvalue weighted by Crippen LogP contribution is -1.94. The summed E-state index contributed by atoms with van der Waals surface area (Å²) in [5, 5.41) is 9.94. The number of benzene rings is 12. The zero-order chi connectivity index (χ0) is 49.8. The van der Waals surface area contributed by atoms with Crippen LogP contribution in [0.2, 0.25) is 0 Å². The van der Waals surface area contributed by atoms with E-state index in [4.69, 9.17) is 0 Å². The van der Waals surface area contributed by atoms with Crippen molar-refractivity contribution in [3.63, 3.8) is 0 Å². The molecule has 0 aliphatic heterocycles. The standard InChI is InChI=1S/C72H46N4/c1-4-16-53(17-5-1)73-65-25-13-10-22-57(65)60-43-49(31-38-68(60)73)50-33-40-70-62(44-50)59-24-12-15-27-67(59)76(70)56-35-28-47(29-36-56)48-30-37-71-63(42-48)64-46-52(34-41-72(64)75(71)55-20-8-3-9-21-55)51-32-39-69-61(45-51)58-23-11-14-26-66(58)74(69)54-18-6-2-7-19-54/h1-46H. The third-order valence-electron chi connectivity index (χ3n) is 16.0. The zero-order valence-corrected chi connectivity index (χ0v) is 41.3. The molecule has 354 valence electrons. The summed E-state index contributed by atoms with van der Waals surface area (Å²) in [5.41, 5.74) is 21.4. The van der Waals surface area contributed by atoms with Gasteiger partial charge in [0, 0.05) is 65.8 Å². The smallest absolute Gasteiger partial charge is 0.0541 e. The maximum Gasteiger partial charge on any atom is 0.0541 e. The lowest BCUT2D eigenvalue weighted by molar-refractivity contribution is 1.18. The fraction of sp³-hybridized carbons (Fsp3) is 0. The molecule has 12 aromatic carbocycles. The van der Waals surface area contributed by atoms with Gasteiger partial charge in [0.25, 0.3) is 0 Å². The minimum absolute atomic E-state index is 1.13. The zero-order valence-electron chi connectivity index (χ0n) is 41.3. The Hall–Kier alpha value is -10.2. The summed E-state index contributed by atoms with van der Waals surface area (Å²) in [7, 11) is 0. The third-order valence-corrected chi connectivity index (χ3v) is 16.0. The van der Waals surface area contributed by atoms with E-state index in [0.29, 0.717) is 0 Å². The second kappa shape index (κ2) is 16.7. The second-order valence-corrected chi connectivity index (χ2v) is 20.1. The molecule has 0 radical (unpaired) electrons. The van der Waals surface area contributed by atoms with Gasteiger partial charge in [-0.25, -0.2) is 0 Å². The van der Waals surface area contributed by atoms with Crippen LogP contribution in [0.3, 0.4) is 0 Å². The fourth-order valence-electron chi connectivity index (χ4n) is 12.5. The van der Waals surface area contributed by atoms with Gasteiger partial charge in [-0.3, -0.25) is 0 Å². The number of fused-ring (bicyclic) bond motifs is 12. The first kappa shape index (κ1) is 42.4. The monoisotopic (exact) mass is 966 g/mol. The molecule has 0 amide bonds. The van der Waals surface area contributed by atoms with Crippen LogP contribution in [0.25, 0.3) is 143 Å². The van der Waals surface area contributed by atoms with Gasteiger partial charge in [0.2, 0.25) is 0 Å². The highest BCUT2D eigenvalue weighted by molar-refractivity contribution is 6.15. The molecule has 4 nitrogen and oxygen atoms in total. The van der Waals surface area contributed by atoms with Crippen molar-refractivity contribution in [1.82, 2.24) is 18.3 Å². The van der Waals surface area contributed by atoms with Gasteiger partial charge in [-0.2, -0.15) is 0 Å². The largest absolute Gasteiger partial charge is 0.309 e. The maximum absolute atomic E-state index is 2.42. The van der Waals surface area contributed by atoms with Crippen LogP contribution in [0.15, 0.2) is 279 Å². The van der Waals surface area contributed by atoms with Gasteiger partial charge in [0.1, 0.15) is 0 Å². The van der Waals surface area contributed by atoms with Crippen molar-refractivity contribution in [3.8, 4) is 56.1 Å². The molecule has 0 bridgehead atoms. The molecule has 0 unspecified atom stereocenters. The van der Waals surface area contributed by atoms with E-state index in [1.807, 2.05) is 0 Å². The van der Waals surface area contributed by atoms with E-state index in [2.05, 4.69) is 297 Å². The highest BCUT2D eigenvalue weighted by atomic mass is 15.0. The Bertz CT molecular complexity index is 4960. The molecule has 16 rings (SSSR count). The van der Waals surface area contributed by atoms with E-state index >= 15 is 0 Å². The molecule has 0 fully saturated rings. The van der Waals surface area contributed by atoms with Crippen LogP contribution in [0, 0.1) is 0 Å². The summed E-state index contributed by atoms with van der Waals surface area (Å²) in [4.78, 5) is 0. The quantitative estimate of drug-likeness (QED) is 0.152. The van der Waals surface area contributed by atoms with Crippen LogP contribution in [0.4, 0.5) is 0 Å². The molecule has 16 aromatic rings. The van der Waals surface area contributed by atoms with Crippen molar-refractivity contribution < 1.29 is 0 Å². The van der Waals surface area contributed by atoms with Crippen LogP contribution < -0.4 is 0 Å². The average molecular weight is 967 g/mol. The summed E-state index contributed by atoms with van der Waals surface area (Å²) < 4.78 is 9.59. The predicted octanol–water partition coefficient (Wildman–Crippen LogP) is 19.1. The molecular formula is C72H46N4. The van der Waals surface area contributed by atoms with Crippen LogP contribution in [-0.2, 0) is 0 Å². The van der Waals surface area contributed by atoms with Crippen LogP contribution in [0.5, 0.6) is 0 Å². The third kappa shape index (κ3) is 6.44. The van der Waals surface area contributed by atoms with Gasteiger partial charge in [-0.05, 0) is 161 Å². The summed E-state index contributed by atoms with van der Waals surface area (Å²) >= 11 is 0.